The van der Waals surface area contributed by atoms with Crippen molar-refractivity contribution in [2.75, 3.05) is 20.0 Å². The maximum Gasteiger partial charge on any atom is 0.220 e. The summed E-state index contributed by atoms with van der Waals surface area (Å²) in [4.78, 5) is 12.0. The normalized spacial score (nSPS) is 23.8. The SMILES string of the molecule is COc1cc2c(cc1OC)C(c1ccc(Cl)c(N)c1)C1CCC(=O)NC21. The quantitative estimate of drug-likeness (QED) is 0.806. The monoisotopic (exact) mass is 372 g/mol. The molecule has 136 valence electrons. The molecule has 6 heteroatoms. The van der Waals surface area contributed by atoms with Crippen LogP contribution in [0.5, 0.6) is 11.5 Å². The predicted molar refractivity (Wildman–Crippen MR) is 101 cm³/mol. The van der Waals surface area contributed by atoms with E-state index in [-0.39, 0.29) is 23.8 Å². The van der Waals surface area contributed by atoms with E-state index in [0.29, 0.717) is 28.6 Å². The highest BCUT2D eigenvalue weighted by Gasteiger charge is 2.45. The molecule has 3 N–H and O–H groups in total. The van der Waals surface area contributed by atoms with E-state index in [2.05, 4.69) is 5.32 Å². The lowest BCUT2D eigenvalue weighted by Gasteiger charge is -2.30. The number of carbonyl (C=O) groups excluding carboxylic acids is 1. The Bertz CT molecular complexity index is 884. The maximum absolute atomic E-state index is 12.0. The number of piperidine rings is 1. The fourth-order valence-corrected chi connectivity index (χ4v) is 4.46. The van der Waals surface area contributed by atoms with Gasteiger partial charge >= 0.3 is 0 Å². The second-order valence-electron chi connectivity index (χ2n) is 6.84. The molecule has 1 aliphatic heterocycles. The van der Waals surface area contributed by atoms with Gasteiger partial charge in [0.25, 0.3) is 0 Å². The Balaban J connectivity index is 1.89. The van der Waals surface area contributed by atoms with Crippen LogP contribution in [0.4, 0.5) is 5.69 Å². The minimum Gasteiger partial charge on any atom is -0.493 e. The number of halogens is 1. The summed E-state index contributed by atoms with van der Waals surface area (Å²) in [5.74, 6) is 1.82. The first-order chi connectivity index (χ1) is 12.5. The number of benzene rings is 2. The fourth-order valence-electron chi connectivity index (χ4n) is 4.35. The number of methoxy groups -OCH3 is 2. The third kappa shape index (κ3) is 2.58. The Morgan fingerprint density at radius 3 is 2.46 bits per heavy atom. The van der Waals surface area contributed by atoms with Crippen LogP contribution < -0.4 is 20.5 Å². The molecule has 1 aliphatic carbocycles. The summed E-state index contributed by atoms with van der Waals surface area (Å²) < 4.78 is 11.0. The average molecular weight is 373 g/mol. The molecule has 1 amide bonds. The molecule has 0 aromatic heterocycles. The van der Waals surface area contributed by atoms with Crippen molar-refractivity contribution in [1.82, 2.24) is 5.32 Å². The van der Waals surface area contributed by atoms with Crippen LogP contribution >= 0.6 is 11.6 Å². The zero-order valence-electron chi connectivity index (χ0n) is 14.7. The smallest absolute Gasteiger partial charge is 0.220 e. The van der Waals surface area contributed by atoms with Gasteiger partial charge in [-0.05, 0) is 53.3 Å². The second kappa shape index (κ2) is 6.40. The molecular weight excluding hydrogens is 352 g/mol. The molecule has 5 nitrogen and oxygen atoms in total. The number of amides is 1. The largest absolute Gasteiger partial charge is 0.493 e. The molecule has 1 fully saturated rings. The molecule has 4 rings (SSSR count). The molecule has 26 heavy (non-hydrogen) atoms. The molecule has 1 heterocycles. The summed E-state index contributed by atoms with van der Waals surface area (Å²) in [6.07, 6.45) is 1.35. The van der Waals surface area contributed by atoms with Crippen molar-refractivity contribution in [2.45, 2.75) is 24.8 Å². The first-order valence-corrected chi connectivity index (χ1v) is 9.01. The van der Waals surface area contributed by atoms with E-state index in [1.807, 2.05) is 30.3 Å². The number of hydrogen-bond acceptors (Lipinski definition) is 4. The summed E-state index contributed by atoms with van der Waals surface area (Å²) in [5, 5.41) is 3.71. The van der Waals surface area contributed by atoms with Crippen LogP contribution in [0.25, 0.3) is 0 Å². The molecule has 0 spiro atoms. The molecule has 2 aliphatic rings. The van der Waals surface area contributed by atoms with Gasteiger partial charge in [0.2, 0.25) is 5.91 Å². The Hall–Kier alpha value is -2.40. The van der Waals surface area contributed by atoms with Gasteiger partial charge in [-0.1, -0.05) is 17.7 Å². The topological polar surface area (TPSA) is 73.6 Å². The van der Waals surface area contributed by atoms with E-state index in [1.165, 1.54) is 0 Å². The van der Waals surface area contributed by atoms with Crippen molar-refractivity contribution in [3.8, 4) is 11.5 Å². The van der Waals surface area contributed by atoms with Crippen LogP contribution in [0.1, 0.15) is 41.5 Å². The van der Waals surface area contributed by atoms with Crippen molar-refractivity contribution in [2.24, 2.45) is 5.92 Å². The molecular formula is C20H21ClN2O3. The summed E-state index contributed by atoms with van der Waals surface area (Å²) in [5.41, 5.74) is 9.94. The van der Waals surface area contributed by atoms with Gasteiger partial charge in [0.1, 0.15) is 0 Å². The van der Waals surface area contributed by atoms with E-state index < -0.39 is 0 Å². The Labute approximate surface area is 157 Å². The summed E-state index contributed by atoms with van der Waals surface area (Å²) >= 11 is 6.11. The summed E-state index contributed by atoms with van der Waals surface area (Å²) in [7, 11) is 3.25. The highest BCUT2D eigenvalue weighted by Crippen LogP contribution is 2.54. The van der Waals surface area contributed by atoms with E-state index in [9.17, 15) is 4.79 Å². The number of hydrogen-bond donors (Lipinski definition) is 2. The lowest BCUT2D eigenvalue weighted by atomic mass is 9.80. The Morgan fingerprint density at radius 2 is 1.81 bits per heavy atom. The third-order valence-electron chi connectivity index (χ3n) is 5.52. The second-order valence-corrected chi connectivity index (χ2v) is 7.25. The van der Waals surface area contributed by atoms with Crippen LogP contribution in [0.3, 0.4) is 0 Å². The lowest BCUT2D eigenvalue weighted by molar-refractivity contribution is -0.124. The van der Waals surface area contributed by atoms with Crippen molar-refractivity contribution >= 4 is 23.2 Å². The van der Waals surface area contributed by atoms with Crippen LogP contribution in [-0.4, -0.2) is 20.1 Å². The number of rotatable bonds is 3. The minimum atomic E-state index is -0.0343. The average Bonchev–Trinajstić information content (AvgIpc) is 2.95. The van der Waals surface area contributed by atoms with Gasteiger partial charge in [-0.25, -0.2) is 0 Å². The van der Waals surface area contributed by atoms with Gasteiger partial charge in [-0.3, -0.25) is 4.79 Å². The van der Waals surface area contributed by atoms with E-state index in [4.69, 9.17) is 26.8 Å². The van der Waals surface area contributed by atoms with Gasteiger partial charge in [-0.2, -0.15) is 0 Å². The minimum absolute atomic E-state index is 0.0343. The number of nitrogens with one attached hydrogen (secondary N) is 1. The molecule has 0 radical (unpaired) electrons. The van der Waals surface area contributed by atoms with Gasteiger partial charge in [0.05, 0.1) is 31.0 Å². The summed E-state index contributed by atoms with van der Waals surface area (Å²) in [6, 6.07) is 9.76. The van der Waals surface area contributed by atoms with Gasteiger partial charge in [0.15, 0.2) is 11.5 Å². The predicted octanol–water partition coefficient (Wildman–Crippen LogP) is 3.65. The number of ether oxygens (including phenoxy) is 2. The maximum atomic E-state index is 12.0. The molecule has 0 bridgehead atoms. The van der Waals surface area contributed by atoms with E-state index in [1.54, 1.807) is 14.2 Å². The van der Waals surface area contributed by atoms with Gasteiger partial charge in [0, 0.05) is 12.3 Å². The summed E-state index contributed by atoms with van der Waals surface area (Å²) in [6.45, 7) is 0. The highest BCUT2D eigenvalue weighted by atomic mass is 35.5. The first-order valence-electron chi connectivity index (χ1n) is 8.63. The van der Waals surface area contributed by atoms with Crippen LogP contribution in [-0.2, 0) is 4.79 Å². The first kappa shape index (κ1) is 17.0. The molecule has 2 aromatic rings. The standard InChI is InChI=1S/C20H21ClN2O3/c1-25-16-8-12-13(9-17(16)26-2)20-11(4-6-18(24)23-20)19(12)10-3-5-14(21)15(22)7-10/h3,5,7-9,11,19-20H,4,6,22H2,1-2H3,(H,23,24). The number of carbonyl (C=O) groups is 1. The number of nitrogen functional groups attached to an aromatic ring is 1. The molecule has 3 unspecified atom stereocenters. The van der Waals surface area contributed by atoms with Crippen molar-refractivity contribution < 1.29 is 14.3 Å². The van der Waals surface area contributed by atoms with E-state index in [0.717, 1.165) is 23.1 Å². The molecule has 2 aromatic carbocycles. The van der Waals surface area contributed by atoms with Crippen LogP contribution in [0.2, 0.25) is 5.02 Å². The Kier molecular flexibility index (Phi) is 4.19. The number of anilines is 1. The van der Waals surface area contributed by atoms with E-state index >= 15 is 0 Å². The van der Waals surface area contributed by atoms with Gasteiger partial charge < -0.3 is 20.5 Å². The van der Waals surface area contributed by atoms with Crippen LogP contribution in [0.15, 0.2) is 30.3 Å². The molecule has 1 saturated heterocycles. The zero-order chi connectivity index (χ0) is 18.4. The van der Waals surface area contributed by atoms with Crippen molar-refractivity contribution in [3.63, 3.8) is 0 Å². The van der Waals surface area contributed by atoms with Crippen molar-refractivity contribution in [1.29, 1.82) is 0 Å². The molecule has 3 atom stereocenters. The molecule has 0 saturated carbocycles. The zero-order valence-corrected chi connectivity index (χ0v) is 15.5. The highest BCUT2D eigenvalue weighted by molar-refractivity contribution is 6.33. The lowest BCUT2D eigenvalue weighted by Crippen LogP contribution is -2.37. The third-order valence-corrected chi connectivity index (χ3v) is 5.86. The fraction of sp³-hybridized carbons (Fsp3) is 0.350. The van der Waals surface area contributed by atoms with Crippen LogP contribution in [0, 0.1) is 5.92 Å². The van der Waals surface area contributed by atoms with Crippen molar-refractivity contribution in [3.05, 3.63) is 52.0 Å². The van der Waals surface area contributed by atoms with Gasteiger partial charge in [-0.15, -0.1) is 0 Å². The number of fused-ring (bicyclic) bond motifs is 3. The number of nitrogens with two attached hydrogens (primary N) is 1. The Morgan fingerprint density at radius 1 is 1.12 bits per heavy atom.